The maximum absolute atomic E-state index is 5.31. The normalized spacial score (nSPS) is 19.8. The van der Waals surface area contributed by atoms with E-state index in [-0.39, 0.29) is 0 Å². The number of rotatable bonds is 1. The first kappa shape index (κ1) is 7.32. The summed E-state index contributed by atoms with van der Waals surface area (Å²) in [6.45, 7) is 4.75. The van der Waals surface area contributed by atoms with Crippen LogP contribution in [0.15, 0.2) is 16.4 Å². The number of nitrogens with zero attached hydrogens (tertiary/aromatic N) is 1. The molecule has 1 aliphatic heterocycles. The van der Waals surface area contributed by atoms with Gasteiger partial charge in [0.15, 0.2) is 0 Å². The van der Waals surface area contributed by atoms with E-state index in [0.29, 0.717) is 0 Å². The van der Waals surface area contributed by atoms with Crippen LogP contribution in [-0.4, -0.2) is 12.8 Å². The number of aliphatic imine (C=N–C) groups is 1. The molecule has 0 unspecified atom stereocenters. The molecule has 56 valence electrons. The lowest BCUT2D eigenvalue weighted by Gasteiger charge is -2.14. The summed E-state index contributed by atoms with van der Waals surface area (Å²) in [4.78, 5) is 4.19. The molecule has 0 aliphatic carbocycles. The van der Waals surface area contributed by atoms with Crippen molar-refractivity contribution in [3.63, 3.8) is 0 Å². The van der Waals surface area contributed by atoms with Gasteiger partial charge in [0.05, 0.1) is 12.3 Å². The Bertz CT molecular complexity index is 170. The second-order valence-corrected chi connectivity index (χ2v) is 2.34. The van der Waals surface area contributed by atoms with Gasteiger partial charge in [0.1, 0.15) is 5.76 Å². The minimum absolute atomic E-state index is 0.856. The summed E-state index contributed by atoms with van der Waals surface area (Å²) in [6, 6.07) is 0. The highest BCUT2D eigenvalue weighted by atomic mass is 16.5. The highest BCUT2D eigenvalue weighted by Crippen LogP contribution is 2.18. The summed E-state index contributed by atoms with van der Waals surface area (Å²) in [5, 5.41) is 0. The first-order chi connectivity index (χ1) is 4.84. The van der Waals surface area contributed by atoms with Crippen LogP contribution in [0, 0.1) is 0 Å². The first-order valence-electron chi connectivity index (χ1n) is 3.66. The van der Waals surface area contributed by atoms with Crippen molar-refractivity contribution in [2.24, 2.45) is 4.99 Å². The second kappa shape index (κ2) is 3.40. The Morgan fingerprint density at radius 2 is 2.40 bits per heavy atom. The molecule has 2 nitrogen and oxygen atoms in total. The van der Waals surface area contributed by atoms with Crippen molar-refractivity contribution in [2.75, 3.05) is 6.61 Å². The zero-order chi connectivity index (χ0) is 7.40. The summed E-state index contributed by atoms with van der Waals surface area (Å²) >= 11 is 0. The SMILES string of the molecule is CC=NC1=C(C)OCCC1. The van der Waals surface area contributed by atoms with E-state index in [1.54, 1.807) is 0 Å². The van der Waals surface area contributed by atoms with Gasteiger partial charge in [0, 0.05) is 6.21 Å². The minimum atomic E-state index is 0.856. The Labute approximate surface area is 61.6 Å². The molecule has 0 amide bonds. The monoisotopic (exact) mass is 139 g/mol. The summed E-state index contributed by atoms with van der Waals surface area (Å²) < 4.78 is 5.31. The van der Waals surface area contributed by atoms with E-state index in [2.05, 4.69) is 4.99 Å². The molecular weight excluding hydrogens is 126 g/mol. The molecule has 0 saturated carbocycles. The van der Waals surface area contributed by atoms with Crippen molar-refractivity contribution in [3.05, 3.63) is 11.5 Å². The van der Waals surface area contributed by atoms with Gasteiger partial charge in [-0.2, -0.15) is 0 Å². The van der Waals surface area contributed by atoms with Crippen LogP contribution < -0.4 is 0 Å². The van der Waals surface area contributed by atoms with Crippen molar-refractivity contribution >= 4 is 6.21 Å². The summed E-state index contributed by atoms with van der Waals surface area (Å²) in [5.74, 6) is 0.990. The summed E-state index contributed by atoms with van der Waals surface area (Å²) in [7, 11) is 0. The molecule has 2 heteroatoms. The predicted octanol–water partition coefficient (Wildman–Crippen LogP) is 2.12. The van der Waals surface area contributed by atoms with Gasteiger partial charge < -0.3 is 4.74 Å². The lowest BCUT2D eigenvalue weighted by Crippen LogP contribution is -2.02. The largest absolute Gasteiger partial charge is 0.496 e. The van der Waals surface area contributed by atoms with Gasteiger partial charge in [-0.1, -0.05) is 0 Å². The fourth-order valence-corrected chi connectivity index (χ4v) is 1.04. The Balaban J connectivity index is 2.68. The zero-order valence-corrected chi connectivity index (χ0v) is 6.55. The zero-order valence-electron chi connectivity index (χ0n) is 6.55. The van der Waals surface area contributed by atoms with Crippen LogP contribution in [0.4, 0.5) is 0 Å². The third-order valence-corrected chi connectivity index (χ3v) is 1.57. The maximum atomic E-state index is 5.31. The smallest absolute Gasteiger partial charge is 0.114 e. The molecule has 0 spiro atoms. The molecule has 0 atom stereocenters. The van der Waals surface area contributed by atoms with Crippen molar-refractivity contribution in [1.29, 1.82) is 0 Å². The lowest BCUT2D eigenvalue weighted by molar-refractivity contribution is 0.189. The Kier molecular flexibility index (Phi) is 2.49. The van der Waals surface area contributed by atoms with Crippen LogP contribution in [0.25, 0.3) is 0 Å². The van der Waals surface area contributed by atoms with Crippen molar-refractivity contribution in [2.45, 2.75) is 26.7 Å². The second-order valence-electron chi connectivity index (χ2n) is 2.34. The molecule has 1 heterocycles. The van der Waals surface area contributed by atoms with Gasteiger partial charge in [-0.15, -0.1) is 0 Å². The fraction of sp³-hybridized carbons (Fsp3) is 0.625. The van der Waals surface area contributed by atoms with Crippen LogP contribution in [-0.2, 0) is 4.74 Å². The van der Waals surface area contributed by atoms with E-state index in [0.717, 1.165) is 30.9 Å². The quantitative estimate of drug-likeness (QED) is 0.510. The minimum Gasteiger partial charge on any atom is -0.496 e. The molecule has 0 aromatic heterocycles. The van der Waals surface area contributed by atoms with Gasteiger partial charge >= 0.3 is 0 Å². The Hall–Kier alpha value is -0.790. The van der Waals surface area contributed by atoms with Crippen molar-refractivity contribution < 1.29 is 4.74 Å². The standard InChI is InChI=1S/C8H13NO/c1-3-9-8-5-4-6-10-7(8)2/h3H,4-6H2,1-2H3. The Morgan fingerprint density at radius 3 is 3.00 bits per heavy atom. The van der Waals surface area contributed by atoms with Gasteiger partial charge in [-0.25, -0.2) is 0 Å². The van der Waals surface area contributed by atoms with E-state index in [4.69, 9.17) is 4.74 Å². The van der Waals surface area contributed by atoms with E-state index in [1.807, 2.05) is 20.1 Å². The fourth-order valence-electron chi connectivity index (χ4n) is 1.04. The molecule has 1 rings (SSSR count). The predicted molar refractivity (Wildman–Crippen MR) is 42.1 cm³/mol. The van der Waals surface area contributed by atoms with Gasteiger partial charge in [0.25, 0.3) is 0 Å². The molecule has 0 fully saturated rings. The van der Waals surface area contributed by atoms with Crippen LogP contribution >= 0.6 is 0 Å². The highest BCUT2D eigenvalue weighted by molar-refractivity contribution is 5.55. The van der Waals surface area contributed by atoms with E-state index in [9.17, 15) is 0 Å². The number of ether oxygens (including phenoxy) is 1. The Morgan fingerprint density at radius 1 is 1.60 bits per heavy atom. The van der Waals surface area contributed by atoms with Crippen LogP contribution in [0.2, 0.25) is 0 Å². The topological polar surface area (TPSA) is 21.6 Å². The molecule has 10 heavy (non-hydrogen) atoms. The number of hydrogen-bond donors (Lipinski definition) is 0. The van der Waals surface area contributed by atoms with Crippen LogP contribution in [0.3, 0.4) is 0 Å². The average molecular weight is 139 g/mol. The van der Waals surface area contributed by atoms with Gasteiger partial charge in [-0.3, -0.25) is 4.99 Å². The van der Waals surface area contributed by atoms with Gasteiger partial charge in [0.2, 0.25) is 0 Å². The number of hydrogen-bond acceptors (Lipinski definition) is 2. The molecular formula is C8H13NO. The van der Waals surface area contributed by atoms with Crippen molar-refractivity contribution in [3.8, 4) is 0 Å². The molecule has 1 aliphatic rings. The molecule has 0 N–H and O–H groups in total. The lowest BCUT2D eigenvalue weighted by atomic mass is 10.2. The third kappa shape index (κ3) is 1.59. The summed E-state index contributed by atoms with van der Waals surface area (Å²) in [5.41, 5.74) is 1.11. The molecule has 0 radical (unpaired) electrons. The molecule has 0 saturated heterocycles. The van der Waals surface area contributed by atoms with Crippen LogP contribution in [0.1, 0.15) is 26.7 Å². The maximum Gasteiger partial charge on any atom is 0.114 e. The van der Waals surface area contributed by atoms with E-state index in [1.165, 1.54) is 0 Å². The van der Waals surface area contributed by atoms with Crippen molar-refractivity contribution in [1.82, 2.24) is 0 Å². The average Bonchev–Trinajstić information content (AvgIpc) is 1.94. The molecule has 0 aromatic rings. The number of allylic oxidation sites excluding steroid dienone is 2. The molecule has 0 aromatic carbocycles. The van der Waals surface area contributed by atoms with E-state index < -0.39 is 0 Å². The highest BCUT2D eigenvalue weighted by Gasteiger charge is 2.07. The molecule has 0 bridgehead atoms. The van der Waals surface area contributed by atoms with Crippen LogP contribution in [0.5, 0.6) is 0 Å². The first-order valence-corrected chi connectivity index (χ1v) is 3.66. The summed E-state index contributed by atoms with van der Waals surface area (Å²) in [6.07, 6.45) is 3.98. The third-order valence-electron chi connectivity index (χ3n) is 1.57. The van der Waals surface area contributed by atoms with E-state index >= 15 is 0 Å². The van der Waals surface area contributed by atoms with Gasteiger partial charge in [-0.05, 0) is 26.7 Å².